The average Bonchev–Trinajstić information content (AvgIpc) is 2.67. The second-order valence-electron chi connectivity index (χ2n) is 7.71. The molecule has 0 amide bonds. The predicted molar refractivity (Wildman–Crippen MR) is 110 cm³/mol. The highest BCUT2D eigenvalue weighted by Gasteiger charge is 2.21. The summed E-state index contributed by atoms with van der Waals surface area (Å²) in [5, 5.41) is 2.45. The third kappa shape index (κ3) is 4.15. The van der Waals surface area contributed by atoms with E-state index >= 15 is 0 Å². The zero-order chi connectivity index (χ0) is 18.5. The van der Waals surface area contributed by atoms with Crippen LogP contribution >= 0.6 is 0 Å². The van der Waals surface area contributed by atoms with E-state index in [4.69, 9.17) is 9.47 Å². The molecule has 0 saturated heterocycles. The maximum Gasteiger partial charge on any atom is 0.130 e. The Bertz CT molecular complexity index is 733. The van der Waals surface area contributed by atoms with Crippen molar-refractivity contribution in [3.63, 3.8) is 0 Å². The monoisotopic (exact) mass is 355 g/mol. The highest BCUT2D eigenvalue weighted by Crippen LogP contribution is 2.42. The van der Waals surface area contributed by atoms with Gasteiger partial charge in [-0.3, -0.25) is 0 Å². The van der Waals surface area contributed by atoms with Gasteiger partial charge in [-0.15, -0.1) is 0 Å². The molecule has 0 atom stereocenters. The molecule has 142 valence electrons. The van der Waals surface area contributed by atoms with E-state index in [0.29, 0.717) is 12.5 Å². The van der Waals surface area contributed by atoms with Gasteiger partial charge in [-0.25, -0.2) is 0 Å². The molecule has 1 aliphatic carbocycles. The first-order valence-electron chi connectivity index (χ1n) is 10.0. The van der Waals surface area contributed by atoms with Crippen molar-refractivity contribution < 1.29 is 9.47 Å². The Hall–Kier alpha value is -1.74. The summed E-state index contributed by atoms with van der Waals surface area (Å²) in [5.41, 5.74) is 2.65. The molecule has 3 rings (SSSR count). The number of methoxy groups -OCH3 is 1. The lowest BCUT2D eigenvalue weighted by atomic mass is 9.82. The Kier molecular flexibility index (Phi) is 6.42. The van der Waals surface area contributed by atoms with E-state index in [1.54, 1.807) is 7.11 Å². The summed E-state index contributed by atoms with van der Waals surface area (Å²) in [6, 6.07) is 9.04. The Labute approximate surface area is 158 Å². The largest absolute Gasteiger partial charge is 0.496 e. The minimum atomic E-state index is 0.632. The number of nitrogens with zero attached hydrogens (tertiary/aromatic N) is 1. The topological polar surface area (TPSA) is 21.7 Å². The van der Waals surface area contributed by atoms with Crippen molar-refractivity contribution in [1.82, 2.24) is 4.90 Å². The first kappa shape index (κ1) is 19.0. The van der Waals surface area contributed by atoms with Crippen molar-refractivity contribution >= 4 is 10.8 Å². The Morgan fingerprint density at radius 1 is 1.08 bits per heavy atom. The molecule has 0 heterocycles. The van der Waals surface area contributed by atoms with E-state index in [1.165, 1.54) is 54.0 Å². The molecule has 0 spiro atoms. The van der Waals surface area contributed by atoms with E-state index in [9.17, 15) is 0 Å². The third-order valence-electron chi connectivity index (χ3n) is 5.61. The van der Waals surface area contributed by atoms with Gasteiger partial charge < -0.3 is 14.4 Å². The number of aryl methyl sites for hydroxylation is 1. The molecule has 3 nitrogen and oxygen atoms in total. The van der Waals surface area contributed by atoms with Crippen LogP contribution in [0.3, 0.4) is 0 Å². The number of fused-ring (bicyclic) bond motifs is 1. The second kappa shape index (κ2) is 8.77. The van der Waals surface area contributed by atoms with Crippen LogP contribution in [0, 0.1) is 0 Å². The summed E-state index contributed by atoms with van der Waals surface area (Å²) in [5.74, 6) is 2.68. The quantitative estimate of drug-likeness (QED) is 0.664. The first-order chi connectivity index (χ1) is 12.6. The van der Waals surface area contributed by atoms with Gasteiger partial charge in [0.15, 0.2) is 0 Å². The van der Waals surface area contributed by atoms with Gasteiger partial charge >= 0.3 is 0 Å². The number of ether oxygens (including phenoxy) is 2. The smallest absolute Gasteiger partial charge is 0.130 e. The highest BCUT2D eigenvalue weighted by molar-refractivity contribution is 5.92. The Balaban J connectivity index is 2.01. The molecular weight excluding hydrogens is 322 g/mol. The van der Waals surface area contributed by atoms with Gasteiger partial charge in [-0.2, -0.15) is 0 Å². The number of hydrogen-bond acceptors (Lipinski definition) is 3. The van der Waals surface area contributed by atoms with Gasteiger partial charge in [0.2, 0.25) is 0 Å². The van der Waals surface area contributed by atoms with Gasteiger partial charge in [0.05, 0.1) is 7.11 Å². The van der Waals surface area contributed by atoms with Crippen LogP contribution in [-0.4, -0.2) is 39.3 Å². The SMILES string of the molecule is CCc1ccc2cc(C3CCCCC3)c(OC)cc2c1OCCN(C)C. The van der Waals surface area contributed by atoms with Gasteiger partial charge in [0.1, 0.15) is 18.1 Å². The van der Waals surface area contributed by atoms with Crippen molar-refractivity contribution in [2.24, 2.45) is 0 Å². The number of benzene rings is 2. The summed E-state index contributed by atoms with van der Waals surface area (Å²) >= 11 is 0. The lowest BCUT2D eigenvalue weighted by molar-refractivity contribution is 0.262. The normalized spacial score (nSPS) is 15.6. The van der Waals surface area contributed by atoms with Crippen molar-refractivity contribution in [2.75, 3.05) is 34.4 Å². The second-order valence-corrected chi connectivity index (χ2v) is 7.71. The van der Waals surface area contributed by atoms with E-state index in [1.807, 2.05) is 0 Å². The van der Waals surface area contributed by atoms with E-state index in [-0.39, 0.29) is 0 Å². The van der Waals surface area contributed by atoms with Crippen molar-refractivity contribution in [3.05, 3.63) is 35.4 Å². The van der Waals surface area contributed by atoms with Gasteiger partial charge in [0.25, 0.3) is 0 Å². The molecule has 0 N–H and O–H groups in total. The fourth-order valence-corrected chi connectivity index (χ4v) is 4.08. The molecule has 0 unspecified atom stereocenters. The summed E-state index contributed by atoms with van der Waals surface area (Å²) in [6.45, 7) is 3.80. The lowest BCUT2D eigenvalue weighted by Crippen LogP contribution is -2.19. The summed E-state index contributed by atoms with van der Waals surface area (Å²) < 4.78 is 12.1. The van der Waals surface area contributed by atoms with E-state index in [2.05, 4.69) is 50.2 Å². The van der Waals surface area contributed by atoms with Crippen molar-refractivity contribution in [3.8, 4) is 11.5 Å². The van der Waals surface area contributed by atoms with Crippen LogP contribution in [0.25, 0.3) is 10.8 Å². The van der Waals surface area contributed by atoms with E-state index < -0.39 is 0 Å². The van der Waals surface area contributed by atoms with Crippen LogP contribution in [0.4, 0.5) is 0 Å². The summed E-state index contributed by atoms with van der Waals surface area (Å²) in [7, 11) is 5.95. The summed E-state index contributed by atoms with van der Waals surface area (Å²) in [6.07, 6.45) is 7.57. The van der Waals surface area contributed by atoms with E-state index in [0.717, 1.165) is 24.5 Å². The minimum Gasteiger partial charge on any atom is -0.496 e. The van der Waals surface area contributed by atoms with Crippen LogP contribution in [0.2, 0.25) is 0 Å². The molecule has 0 bridgehead atoms. The highest BCUT2D eigenvalue weighted by atomic mass is 16.5. The Morgan fingerprint density at radius 2 is 1.85 bits per heavy atom. The molecule has 1 fully saturated rings. The number of hydrogen-bond donors (Lipinski definition) is 0. The molecule has 0 radical (unpaired) electrons. The van der Waals surface area contributed by atoms with Gasteiger partial charge in [-0.05, 0) is 67.9 Å². The molecular formula is C23H33NO2. The molecule has 26 heavy (non-hydrogen) atoms. The maximum atomic E-state index is 6.24. The molecule has 0 aromatic heterocycles. The van der Waals surface area contributed by atoms with Gasteiger partial charge in [-0.1, -0.05) is 38.3 Å². The molecule has 2 aromatic carbocycles. The van der Waals surface area contributed by atoms with Crippen LogP contribution in [0.15, 0.2) is 24.3 Å². The zero-order valence-electron chi connectivity index (χ0n) is 16.8. The van der Waals surface area contributed by atoms with Crippen molar-refractivity contribution in [2.45, 2.75) is 51.4 Å². The number of likely N-dealkylation sites (N-methyl/N-ethyl adjacent to an activating group) is 1. The molecule has 1 saturated carbocycles. The molecule has 1 aliphatic rings. The number of rotatable bonds is 7. The van der Waals surface area contributed by atoms with Crippen molar-refractivity contribution in [1.29, 1.82) is 0 Å². The van der Waals surface area contributed by atoms with Crippen LogP contribution in [0.5, 0.6) is 11.5 Å². The third-order valence-corrected chi connectivity index (χ3v) is 5.61. The van der Waals surface area contributed by atoms with Crippen LogP contribution in [-0.2, 0) is 6.42 Å². The Morgan fingerprint density at radius 3 is 2.50 bits per heavy atom. The zero-order valence-corrected chi connectivity index (χ0v) is 16.8. The molecule has 2 aromatic rings. The lowest BCUT2D eigenvalue weighted by Gasteiger charge is -2.25. The average molecular weight is 356 g/mol. The molecule has 0 aliphatic heterocycles. The van der Waals surface area contributed by atoms with Gasteiger partial charge in [0, 0.05) is 11.9 Å². The van der Waals surface area contributed by atoms with Crippen LogP contribution in [0.1, 0.15) is 56.1 Å². The standard InChI is InChI=1S/C23H33NO2/c1-5-17-11-12-19-15-20(18-9-7-6-8-10-18)22(25-4)16-21(19)23(17)26-14-13-24(2)3/h11-12,15-16,18H,5-10,13-14H2,1-4H3. The molecule has 3 heteroatoms. The van der Waals surface area contributed by atoms with Crippen LogP contribution < -0.4 is 9.47 Å². The minimum absolute atomic E-state index is 0.632. The fraction of sp³-hybridized carbons (Fsp3) is 0.565. The predicted octanol–water partition coefficient (Wildman–Crippen LogP) is 5.40. The maximum absolute atomic E-state index is 6.24. The fourth-order valence-electron chi connectivity index (χ4n) is 4.08. The first-order valence-corrected chi connectivity index (χ1v) is 10.0. The summed E-state index contributed by atoms with van der Waals surface area (Å²) in [4.78, 5) is 2.15.